The molecular weight excluding hydrogens is 294 g/mol. The number of nitrogens with zero attached hydrogens (tertiary/aromatic N) is 4. The van der Waals surface area contributed by atoms with Gasteiger partial charge in [-0.25, -0.2) is 4.98 Å². The molecule has 0 radical (unpaired) electrons. The third-order valence-electron chi connectivity index (χ3n) is 4.40. The number of hydrogen-bond acceptors (Lipinski definition) is 5. The third-order valence-corrected chi connectivity index (χ3v) is 4.40. The number of pyridine rings is 1. The summed E-state index contributed by atoms with van der Waals surface area (Å²) in [6.07, 6.45) is 2.70. The lowest BCUT2D eigenvalue weighted by atomic mass is 9.97. The number of aromatic nitrogens is 1. The molecule has 1 atom stereocenters. The van der Waals surface area contributed by atoms with E-state index in [0.717, 1.165) is 5.82 Å². The maximum absolute atomic E-state index is 12.5. The number of piperazine rings is 1. The maximum Gasteiger partial charge on any atom is 0.227 e. The predicted molar refractivity (Wildman–Crippen MR) is 83.5 cm³/mol. The monoisotopic (exact) mass is 313 g/mol. The van der Waals surface area contributed by atoms with Gasteiger partial charge < -0.3 is 15.1 Å². The Morgan fingerprint density at radius 2 is 2.13 bits per heavy atom. The molecule has 0 aromatic carbocycles. The Morgan fingerprint density at radius 1 is 1.35 bits per heavy atom. The summed E-state index contributed by atoms with van der Waals surface area (Å²) in [5, 5.41) is 11.7. The molecule has 23 heavy (non-hydrogen) atoms. The summed E-state index contributed by atoms with van der Waals surface area (Å²) in [6.45, 7) is 3.13. The standard InChI is InChI=1S/C16H19N5O2/c17-10-12-3-4-18-14(9-12)20-5-7-21(8-6-20)16(23)13-1-2-15(22)19-11-13/h3-4,9,13H,1-2,5-8,11H2,(H,19,22)/t13-/m0/s1. The van der Waals surface area contributed by atoms with Crippen LogP contribution in [0.4, 0.5) is 5.82 Å². The molecule has 2 aliphatic heterocycles. The Morgan fingerprint density at radius 3 is 2.78 bits per heavy atom. The van der Waals surface area contributed by atoms with E-state index >= 15 is 0 Å². The molecule has 0 bridgehead atoms. The molecule has 0 saturated carbocycles. The van der Waals surface area contributed by atoms with Crippen molar-refractivity contribution in [2.45, 2.75) is 12.8 Å². The highest BCUT2D eigenvalue weighted by atomic mass is 16.2. The lowest BCUT2D eigenvalue weighted by Gasteiger charge is -2.37. The number of rotatable bonds is 2. The summed E-state index contributed by atoms with van der Waals surface area (Å²) < 4.78 is 0. The van der Waals surface area contributed by atoms with E-state index in [0.29, 0.717) is 51.1 Å². The summed E-state index contributed by atoms with van der Waals surface area (Å²) in [6, 6.07) is 5.57. The van der Waals surface area contributed by atoms with Gasteiger partial charge in [0.1, 0.15) is 5.82 Å². The number of hydrogen-bond donors (Lipinski definition) is 1. The van der Waals surface area contributed by atoms with Crippen LogP contribution in [0.5, 0.6) is 0 Å². The molecule has 7 nitrogen and oxygen atoms in total. The Labute approximate surface area is 134 Å². The van der Waals surface area contributed by atoms with Crippen LogP contribution in [-0.2, 0) is 9.59 Å². The summed E-state index contributed by atoms with van der Waals surface area (Å²) in [5.41, 5.74) is 0.589. The van der Waals surface area contributed by atoms with Crippen LogP contribution in [0.2, 0.25) is 0 Å². The Hall–Kier alpha value is -2.62. The summed E-state index contributed by atoms with van der Waals surface area (Å²) in [4.78, 5) is 31.9. The summed E-state index contributed by atoms with van der Waals surface area (Å²) in [5.74, 6) is 0.839. The largest absolute Gasteiger partial charge is 0.355 e. The minimum Gasteiger partial charge on any atom is -0.355 e. The van der Waals surface area contributed by atoms with Gasteiger partial charge in [0, 0.05) is 45.3 Å². The van der Waals surface area contributed by atoms with E-state index in [1.54, 1.807) is 18.3 Å². The molecule has 0 spiro atoms. The highest BCUT2D eigenvalue weighted by Gasteiger charge is 2.30. The van der Waals surface area contributed by atoms with Crippen LogP contribution < -0.4 is 10.2 Å². The molecule has 3 rings (SSSR count). The van der Waals surface area contributed by atoms with E-state index in [2.05, 4.69) is 21.3 Å². The smallest absolute Gasteiger partial charge is 0.227 e. The van der Waals surface area contributed by atoms with Gasteiger partial charge in [-0.3, -0.25) is 9.59 Å². The van der Waals surface area contributed by atoms with Gasteiger partial charge in [-0.15, -0.1) is 0 Å². The lowest BCUT2D eigenvalue weighted by molar-refractivity contribution is -0.137. The van der Waals surface area contributed by atoms with Crippen molar-refractivity contribution < 1.29 is 9.59 Å². The number of piperidine rings is 1. The fraction of sp³-hybridized carbons (Fsp3) is 0.500. The molecule has 0 unspecified atom stereocenters. The van der Waals surface area contributed by atoms with Crippen LogP contribution in [0.25, 0.3) is 0 Å². The quantitative estimate of drug-likeness (QED) is 0.838. The van der Waals surface area contributed by atoms with E-state index in [-0.39, 0.29) is 17.7 Å². The van der Waals surface area contributed by atoms with Crippen LogP contribution in [0.15, 0.2) is 18.3 Å². The zero-order chi connectivity index (χ0) is 16.2. The molecule has 2 amide bonds. The first-order valence-corrected chi connectivity index (χ1v) is 7.84. The SMILES string of the molecule is N#Cc1ccnc(N2CCN(C(=O)[C@H]3CCC(=O)NC3)CC2)c1. The van der Waals surface area contributed by atoms with Crippen molar-refractivity contribution in [3.63, 3.8) is 0 Å². The van der Waals surface area contributed by atoms with Gasteiger partial charge in [0.15, 0.2) is 0 Å². The van der Waals surface area contributed by atoms with Gasteiger partial charge >= 0.3 is 0 Å². The number of nitrogens with one attached hydrogen (secondary N) is 1. The maximum atomic E-state index is 12.5. The molecule has 1 N–H and O–H groups in total. The average Bonchev–Trinajstić information content (AvgIpc) is 2.62. The summed E-state index contributed by atoms with van der Waals surface area (Å²) in [7, 11) is 0. The molecular formula is C16H19N5O2. The molecule has 2 saturated heterocycles. The first kappa shape index (κ1) is 15.3. The first-order chi connectivity index (χ1) is 11.2. The molecule has 3 heterocycles. The molecule has 7 heteroatoms. The van der Waals surface area contributed by atoms with E-state index in [4.69, 9.17) is 5.26 Å². The van der Waals surface area contributed by atoms with E-state index < -0.39 is 0 Å². The highest BCUT2D eigenvalue weighted by Crippen LogP contribution is 2.18. The first-order valence-electron chi connectivity index (χ1n) is 7.84. The van der Waals surface area contributed by atoms with Gasteiger partial charge in [0.2, 0.25) is 11.8 Å². The van der Waals surface area contributed by atoms with Gasteiger partial charge in [-0.2, -0.15) is 5.26 Å². The fourth-order valence-corrected chi connectivity index (χ4v) is 3.02. The minimum atomic E-state index is -0.0979. The van der Waals surface area contributed by atoms with Crippen LogP contribution in [-0.4, -0.2) is 54.4 Å². The van der Waals surface area contributed by atoms with Crippen molar-refractivity contribution in [3.05, 3.63) is 23.9 Å². The van der Waals surface area contributed by atoms with Crippen molar-refractivity contribution in [2.75, 3.05) is 37.6 Å². The van der Waals surface area contributed by atoms with Gasteiger partial charge in [0.25, 0.3) is 0 Å². The molecule has 120 valence electrons. The van der Waals surface area contributed by atoms with Crippen LogP contribution in [0.1, 0.15) is 18.4 Å². The predicted octanol–water partition coefficient (Wildman–Crippen LogP) is 0.128. The molecule has 2 aliphatic rings. The second-order valence-corrected chi connectivity index (χ2v) is 5.87. The van der Waals surface area contributed by atoms with E-state index in [9.17, 15) is 9.59 Å². The lowest BCUT2D eigenvalue weighted by Crippen LogP contribution is -2.52. The van der Waals surface area contributed by atoms with Crippen molar-refractivity contribution >= 4 is 17.6 Å². The number of nitriles is 1. The molecule has 1 aromatic rings. The van der Waals surface area contributed by atoms with Crippen LogP contribution in [0.3, 0.4) is 0 Å². The van der Waals surface area contributed by atoms with E-state index in [1.807, 2.05) is 4.90 Å². The summed E-state index contributed by atoms with van der Waals surface area (Å²) >= 11 is 0. The van der Waals surface area contributed by atoms with Gasteiger partial charge in [0.05, 0.1) is 17.6 Å². The number of carbonyl (C=O) groups excluding carboxylic acids is 2. The van der Waals surface area contributed by atoms with Crippen LogP contribution >= 0.6 is 0 Å². The Balaban J connectivity index is 1.56. The molecule has 2 fully saturated rings. The van der Waals surface area contributed by atoms with Crippen molar-refractivity contribution in [3.8, 4) is 6.07 Å². The minimum absolute atomic E-state index is 0.0299. The van der Waals surface area contributed by atoms with Crippen molar-refractivity contribution in [2.24, 2.45) is 5.92 Å². The number of amides is 2. The number of anilines is 1. The average molecular weight is 313 g/mol. The molecule has 1 aromatic heterocycles. The Bertz CT molecular complexity index is 636. The Kier molecular flexibility index (Phi) is 4.42. The second-order valence-electron chi connectivity index (χ2n) is 5.87. The van der Waals surface area contributed by atoms with Crippen LogP contribution in [0, 0.1) is 17.2 Å². The van der Waals surface area contributed by atoms with Gasteiger partial charge in [-0.1, -0.05) is 0 Å². The highest BCUT2D eigenvalue weighted by molar-refractivity contribution is 5.84. The molecule has 0 aliphatic carbocycles. The van der Waals surface area contributed by atoms with Crippen molar-refractivity contribution in [1.82, 2.24) is 15.2 Å². The topological polar surface area (TPSA) is 89.3 Å². The third kappa shape index (κ3) is 3.42. The van der Waals surface area contributed by atoms with Crippen molar-refractivity contribution in [1.29, 1.82) is 5.26 Å². The normalized spacial score (nSPS) is 21.5. The second kappa shape index (κ2) is 6.65. The zero-order valence-electron chi connectivity index (χ0n) is 12.9. The number of carbonyl (C=O) groups is 2. The fourth-order valence-electron chi connectivity index (χ4n) is 3.02. The van der Waals surface area contributed by atoms with E-state index in [1.165, 1.54) is 0 Å². The van der Waals surface area contributed by atoms with Gasteiger partial charge in [-0.05, 0) is 18.6 Å². The zero-order valence-corrected chi connectivity index (χ0v) is 12.9.